The van der Waals surface area contributed by atoms with Gasteiger partial charge in [0.15, 0.2) is 0 Å². The van der Waals surface area contributed by atoms with Crippen molar-refractivity contribution in [2.24, 2.45) is 11.7 Å². The molecule has 0 saturated heterocycles. The van der Waals surface area contributed by atoms with Crippen LogP contribution >= 0.6 is 38.9 Å². The summed E-state index contributed by atoms with van der Waals surface area (Å²) in [5.74, 6) is 0.580. The van der Waals surface area contributed by atoms with E-state index in [0.29, 0.717) is 5.92 Å². The highest BCUT2D eigenvalue weighted by Crippen LogP contribution is 2.38. The average molecular weight is 325 g/mol. The summed E-state index contributed by atoms with van der Waals surface area (Å²) in [5, 5.41) is 0.780. The van der Waals surface area contributed by atoms with Crippen LogP contribution in [0, 0.1) is 5.92 Å². The predicted molar refractivity (Wildman–Crippen MR) is 77.3 cm³/mol. The van der Waals surface area contributed by atoms with E-state index in [1.165, 1.54) is 30.6 Å². The van der Waals surface area contributed by atoms with Gasteiger partial charge in [0, 0.05) is 10.9 Å². The molecule has 0 aliphatic carbocycles. The number of rotatable bonds is 6. The van der Waals surface area contributed by atoms with E-state index in [1.807, 2.05) is 6.07 Å². The second kappa shape index (κ2) is 7.00. The minimum absolute atomic E-state index is 0.133. The van der Waals surface area contributed by atoms with E-state index in [4.69, 9.17) is 17.3 Å². The molecule has 0 saturated carbocycles. The molecule has 1 nitrogen and oxygen atoms in total. The Balaban J connectivity index is 2.76. The molecule has 1 unspecified atom stereocenters. The van der Waals surface area contributed by atoms with Crippen LogP contribution in [0.1, 0.15) is 50.4 Å². The molecule has 1 heterocycles. The third-order valence-electron chi connectivity index (χ3n) is 2.82. The van der Waals surface area contributed by atoms with E-state index in [2.05, 4.69) is 29.8 Å². The van der Waals surface area contributed by atoms with Crippen LogP contribution in [0.5, 0.6) is 0 Å². The lowest BCUT2D eigenvalue weighted by molar-refractivity contribution is 0.372. The summed E-state index contributed by atoms with van der Waals surface area (Å²) >= 11 is 11.1. The Morgan fingerprint density at radius 2 is 1.94 bits per heavy atom. The molecule has 1 aromatic rings. The van der Waals surface area contributed by atoms with Gasteiger partial charge in [0.05, 0.1) is 8.81 Å². The van der Waals surface area contributed by atoms with Gasteiger partial charge >= 0.3 is 0 Å². The first-order valence-electron chi connectivity index (χ1n) is 5.80. The first kappa shape index (κ1) is 14.5. The number of hydrogen-bond acceptors (Lipinski definition) is 2. The van der Waals surface area contributed by atoms with Crippen LogP contribution < -0.4 is 5.73 Å². The van der Waals surface area contributed by atoms with Gasteiger partial charge in [-0.3, -0.25) is 0 Å². The summed E-state index contributed by atoms with van der Waals surface area (Å²) in [4.78, 5) is 1.20. The Bertz CT molecular complexity index is 301. The first-order valence-corrected chi connectivity index (χ1v) is 7.79. The summed E-state index contributed by atoms with van der Waals surface area (Å²) in [6.45, 7) is 4.43. The Morgan fingerprint density at radius 3 is 2.31 bits per heavy atom. The van der Waals surface area contributed by atoms with E-state index in [0.717, 1.165) is 8.81 Å². The maximum atomic E-state index is 6.32. The van der Waals surface area contributed by atoms with Crippen molar-refractivity contribution >= 4 is 38.9 Å². The van der Waals surface area contributed by atoms with Crippen LogP contribution in [0.25, 0.3) is 0 Å². The molecule has 0 bridgehead atoms. The largest absolute Gasteiger partial charge is 0.323 e. The van der Waals surface area contributed by atoms with Crippen LogP contribution in [0.15, 0.2) is 9.85 Å². The average Bonchev–Trinajstić information content (AvgIpc) is 2.58. The van der Waals surface area contributed by atoms with Crippen LogP contribution in [0.2, 0.25) is 5.02 Å². The molecular formula is C12H19BrClNS. The molecule has 1 rings (SSSR count). The monoisotopic (exact) mass is 323 g/mol. The van der Waals surface area contributed by atoms with Crippen molar-refractivity contribution in [3.63, 3.8) is 0 Å². The fourth-order valence-electron chi connectivity index (χ4n) is 2.00. The van der Waals surface area contributed by atoms with Gasteiger partial charge in [-0.15, -0.1) is 11.3 Å². The van der Waals surface area contributed by atoms with Crippen LogP contribution in [0.3, 0.4) is 0 Å². The molecule has 0 spiro atoms. The summed E-state index contributed by atoms with van der Waals surface area (Å²) in [6.07, 6.45) is 4.78. The quantitative estimate of drug-likeness (QED) is 0.747. The third kappa shape index (κ3) is 3.73. The minimum atomic E-state index is 0.133. The number of nitrogens with two attached hydrogens (primary N) is 1. The minimum Gasteiger partial charge on any atom is -0.323 e. The summed E-state index contributed by atoms with van der Waals surface area (Å²) in [7, 11) is 0. The maximum Gasteiger partial charge on any atom is 0.0887 e. The molecule has 1 aromatic heterocycles. The summed E-state index contributed by atoms with van der Waals surface area (Å²) in [5.41, 5.74) is 6.32. The standard InChI is InChI=1S/C12H19BrClNS/c1-3-5-8(6-4-2)11(15)10-7-9(14)12(13)16-10/h7-8,11H,3-6,15H2,1-2H3. The van der Waals surface area contributed by atoms with E-state index in [1.54, 1.807) is 11.3 Å². The predicted octanol–water partition coefficient (Wildman–Crippen LogP) is 5.38. The third-order valence-corrected chi connectivity index (χ3v) is 5.40. The highest BCUT2D eigenvalue weighted by molar-refractivity contribution is 9.11. The second-order valence-corrected chi connectivity index (χ2v) is 6.94. The smallest absolute Gasteiger partial charge is 0.0887 e. The molecule has 4 heteroatoms. The van der Waals surface area contributed by atoms with Crippen molar-refractivity contribution in [2.75, 3.05) is 0 Å². The molecule has 2 N–H and O–H groups in total. The molecule has 92 valence electrons. The van der Waals surface area contributed by atoms with Gasteiger partial charge in [0.1, 0.15) is 0 Å². The van der Waals surface area contributed by atoms with E-state index in [9.17, 15) is 0 Å². The number of hydrogen-bond donors (Lipinski definition) is 1. The molecule has 0 amide bonds. The summed E-state index contributed by atoms with van der Waals surface area (Å²) in [6, 6.07) is 2.13. The maximum absolute atomic E-state index is 6.32. The number of halogens is 2. The van der Waals surface area contributed by atoms with Crippen molar-refractivity contribution in [1.29, 1.82) is 0 Å². The Morgan fingerprint density at radius 1 is 1.38 bits per heavy atom. The first-order chi connectivity index (χ1) is 7.60. The number of thiophene rings is 1. The fourth-order valence-corrected chi connectivity index (χ4v) is 3.85. The van der Waals surface area contributed by atoms with Gasteiger partial charge in [0.25, 0.3) is 0 Å². The molecular weight excluding hydrogens is 306 g/mol. The SMILES string of the molecule is CCCC(CCC)C(N)c1cc(Cl)c(Br)s1. The van der Waals surface area contributed by atoms with E-state index in [-0.39, 0.29) is 6.04 Å². The van der Waals surface area contributed by atoms with Crippen LogP contribution in [0.4, 0.5) is 0 Å². The van der Waals surface area contributed by atoms with Crippen molar-refractivity contribution in [1.82, 2.24) is 0 Å². The van der Waals surface area contributed by atoms with Crippen molar-refractivity contribution in [2.45, 2.75) is 45.6 Å². The highest BCUT2D eigenvalue weighted by Gasteiger charge is 2.20. The zero-order chi connectivity index (χ0) is 12.1. The lowest BCUT2D eigenvalue weighted by atomic mass is 9.90. The molecule has 0 fully saturated rings. The Kier molecular flexibility index (Phi) is 6.34. The molecule has 1 atom stereocenters. The topological polar surface area (TPSA) is 26.0 Å². The molecule has 0 aromatic carbocycles. The fraction of sp³-hybridized carbons (Fsp3) is 0.667. The van der Waals surface area contributed by atoms with Gasteiger partial charge in [0.2, 0.25) is 0 Å². The summed E-state index contributed by atoms with van der Waals surface area (Å²) < 4.78 is 0.992. The van der Waals surface area contributed by atoms with Gasteiger partial charge < -0.3 is 5.73 Å². The van der Waals surface area contributed by atoms with Crippen LogP contribution in [-0.4, -0.2) is 0 Å². The van der Waals surface area contributed by atoms with Crippen molar-refractivity contribution in [3.8, 4) is 0 Å². The van der Waals surface area contributed by atoms with E-state index >= 15 is 0 Å². The van der Waals surface area contributed by atoms with Crippen LogP contribution in [-0.2, 0) is 0 Å². The molecule has 16 heavy (non-hydrogen) atoms. The lowest BCUT2D eigenvalue weighted by Crippen LogP contribution is -2.20. The second-order valence-electron chi connectivity index (χ2n) is 4.13. The highest BCUT2D eigenvalue weighted by atomic mass is 79.9. The molecule has 0 aliphatic heterocycles. The van der Waals surface area contributed by atoms with E-state index < -0.39 is 0 Å². The van der Waals surface area contributed by atoms with Gasteiger partial charge in [-0.2, -0.15) is 0 Å². The van der Waals surface area contributed by atoms with Gasteiger partial charge in [-0.05, 0) is 40.8 Å². The lowest BCUT2D eigenvalue weighted by Gasteiger charge is -2.22. The Labute approximate surface area is 116 Å². The normalized spacial score (nSPS) is 13.4. The zero-order valence-corrected chi connectivity index (χ0v) is 13.0. The molecule has 0 aliphatic rings. The van der Waals surface area contributed by atoms with Gasteiger partial charge in [-0.1, -0.05) is 38.3 Å². The zero-order valence-electron chi connectivity index (χ0n) is 9.80. The molecule has 0 radical (unpaired) electrons. The Hall–Kier alpha value is 0.430. The van der Waals surface area contributed by atoms with Crippen molar-refractivity contribution in [3.05, 3.63) is 19.8 Å². The van der Waals surface area contributed by atoms with Gasteiger partial charge in [-0.25, -0.2) is 0 Å². The van der Waals surface area contributed by atoms with Crippen molar-refractivity contribution < 1.29 is 0 Å².